The zero-order chi connectivity index (χ0) is 17.1. The molecule has 0 aliphatic rings. The second-order valence-corrected chi connectivity index (χ2v) is 4.89. The number of anilines is 1. The van der Waals surface area contributed by atoms with Crippen molar-refractivity contribution in [1.82, 2.24) is 15.0 Å². The van der Waals surface area contributed by atoms with Gasteiger partial charge in [0, 0.05) is 17.3 Å². The molecule has 3 aromatic rings. The Hall–Kier alpha value is -3.97. The number of benzene rings is 1. The largest absolute Gasteiger partial charge is 0.384 e. The molecular formula is C17H10N6O. The van der Waals surface area contributed by atoms with Crippen LogP contribution in [0.25, 0.3) is 22.4 Å². The first-order valence-corrected chi connectivity index (χ1v) is 6.88. The number of pyridine rings is 1. The highest BCUT2D eigenvalue weighted by atomic mass is 16.1. The van der Waals surface area contributed by atoms with E-state index in [1.807, 2.05) is 12.1 Å². The number of nitriles is 2. The van der Waals surface area contributed by atoms with Crippen LogP contribution in [-0.2, 0) is 0 Å². The van der Waals surface area contributed by atoms with Crippen molar-refractivity contribution >= 4 is 5.82 Å². The number of nitrogens with two attached hydrogens (primary N) is 1. The lowest BCUT2D eigenvalue weighted by Gasteiger charge is -2.09. The van der Waals surface area contributed by atoms with E-state index in [2.05, 4.69) is 15.0 Å². The van der Waals surface area contributed by atoms with Gasteiger partial charge in [0.2, 0.25) is 0 Å². The molecular weight excluding hydrogens is 304 g/mol. The zero-order valence-electron chi connectivity index (χ0n) is 12.3. The lowest BCUT2D eigenvalue weighted by molar-refractivity contribution is 1.17. The van der Waals surface area contributed by atoms with Crippen LogP contribution in [0.5, 0.6) is 0 Å². The normalized spacial score (nSPS) is 9.92. The molecule has 0 aliphatic carbocycles. The Morgan fingerprint density at radius 2 is 1.67 bits per heavy atom. The molecule has 0 atom stereocenters. The van der Waals surface area contributed by atoms with E-state index in [-0.39, 0.29) is 22.5 Å². The third-order valence-electron chi connectivity index (χ3n) is 3.52. The van der Waals surface area contributed by atoms with Gasteiger partial charge in [0.05, 0.1) is 5.69 Å². The van der Waals surface area contributed by atoms with E-state index in [1.54, 1.807) is 36.5 Å². The van der Waals surface area contributed by atoms with Crippen molar-refractivity contribution in [2.45, 2.75) is 0 Å². The fourth-order valence-corrected chi connectivity index (χ4v) is 2.40. The molecule has 3 N–H and O–H groups in total. The van der Waals surface area contributed by atoms with Crippen molar-refractivity contribution in [1.29, 1.82) is 10.5 Å². The molecule has 0 aliphatic heterocycles. The zero-order valence-corrected chi connectivity index (χ0v) is 12.3. The molecule has 0 fully saturated rings. The summed E-state index contributed by atoms with van der Waals surface area (Å²) in [4.78, 5) is 22.3. The Kier molecular flexibility index (Phi) is 3.76. The van der Waals surface area contributed by atoms with Gasteiger partial charge in [-0.3, -0.25) is 4.79 Å². The van der Waals surface area contributed by atoms with Gasteiger partial charge >= 0.3 is 0 Å². The predicted molar refractivity (Wildman–Crippen MR) is 87.4 cm³/mol. The summed E-state index contributed by atoms with van der Waals surface area (Å²) < 4.78 is 0. The van der Waals surface area contributed by atoms with Gasteiger partial charge in [-0.2, -0.15) is 10.5 Å². The topological polar surface area (TPSA) is 132 Å². The van der Waals surface area contributed by atoms with Crippen molar-refractivity contribution in [3.05, 3.63) is 64.3 Å². The number of nitrogens with zero attached hydrogens (tertiary/aromatic N) is 4. The lowest BCUT2D eigenvalue weighted by Crippen LogP contribution is -2.16. The quantitative estimate of drug-likeness (QED) is 0.741. The van der Waals surface area contributed by atoms with Gasteiger partial charge in [-0.05, 0) is 11.6 Å². The van der Waals surface area contributed by atoms with Crippen molar-refractivity contribution in [2.75, 3.05) is 5.73 Å². The Morgan fingerprint density at radius 3 is 2.25 bits per heavy atom. The number of H-pyrrole nitrogens is 1. The van der Waals surface area contributed by atoms with Crippen molar-refractivity contribution in [3.8, 4) is 34.5 Å². The first-order valence-electron chi connectivity index (χ1n) is 6.88. The first kappa shape index (κ1) is 14.9. The molecule has 0 spiro atoms. The highest BCUT2D eigenvalue weighted by Gasteiger charge is 2.18. The van der Waals surface area contributed by atoms with Crippen molar-refractivity contribution in [2.24, 2.45) is 0 Å². The second-order valence-electron chi connectivity index (χ2n) is 4.89. The van der Waals surface area contributed by atoms with E-state index in [0.29, 0.717) is 5.56 Å². The number of hydrogen-bond donors (Lipinski definition) is 2. The minimum Gasteiger partial charge on any atom is -0.384 e. The standard InChI is InChI=1S/C17H10N6O/c18-7-12-15(13(8-19)17(24)23-16(12)20)11-3-1-10(2-4-11)14-5-6-21-9-22-14/h1-6,9H,(H3,20,23,24). The van der Waals surface area contributed by atoms with Crippen molar-refractivity contribution < 1.29 is 0 Å². The Balaban J connectivity index is 2.19. The molecule has 2 aromatic heterocycles. The molecule has 0 amide bonds. The van der Waals surface area contributed by atoms with Crippen LogP contribution in [0, 0.1) is 22.7 Å². The molecule has 24 heavy (non-hydrogen) atoms. The van der Waals surface area contributed by atoms with Crippen LogP contribution in [0.2, 0.25) is 0 Å². The summed E-state index contributed by atoms with van der Waals surface area (Å²) in [6.07, 6.45) is 3.08. The van der Waals surface area contributed by atoms with Gasteiger partial charge in [0.25, 0.3) is 5.56 Å². The van der Waals surface area contributed by atoms with Gasteiger partial charge in [-0.15, -0.1) is 0 Å². The maximum Gasteiger partial charge on any atom is 0.268 e. The van der Waals surface area contributed by atoms with E-state index < -0.39 is 5.56 Å². The Bertz CT molecular complexity index is 1040. The molecule has 0 saturated carbocycles. The summed E-state index contributed by atoms with van der Waals surface area (Å²) in [5.74, 6) is -0.0589. The fraction of sp³-hybridized carbons (Fsp3) is 0. The number of rotatable bonds is 2. The van der Waals surface area contributed by atoms with Gasteiger partial charge < -0.3 is 10.7 Å². The summed E-state index contributed by atoms with van der Waals surface area (Å²) in [6.45, 7) is 0. The van der Waals surface area contributed by atoms with Crippen LogP contribution in [0.4, 0.5) is 5.82 Å². The molecule has 0 saturated heterocycles. The van der Waals surface area contributed by atoms with Crippen molar-refractivity contribution in [3.63, 3.8) is 0 Å². The minimum absolute atomic E-state index is 0.0589. The molecule has 1 aromatic carbocycles. The van der Waals surface area contributed by atoms with Crippen LogP contribution in [-0.4, -0.2) is 15.0 Å². The van der Waals surface area contributed by atoms with Crippen LogP contribution in [0.15, 0.2) is 47.7 Å². The third-order valence-corrected chi connectivity index (χ3v) is 3.52. The van der Waals surface area contributed by atoms with E-state index in [4.69, 9.17) is 5.73 Å². The molecule has 0 unspecified atom stereocenters. The average molecular weight is 314 g/mol. The predicted octanol–water partition coefficient (Wildman–Crippen LogP) is 1.82. The molecule has 0 radical (unpaired) electrons. The molecule has 2 heterocycles. The minimum atomic E-state index is -0.621. The monoisotopic (exact) mass is 314 g/mol. The van der Waals surface area contributed by atoms with E-state index >= 15 is 0 Å². The molecule has 114 valence electrons. The number of aromatic nitrogens is 3. The lowest BCUT2D eigenvalue weighted by atomic mass is 9.95. The third kappa shape index (κ3) is 2.47. The summed E-state index contributed by atoms with van der Waals surface area (Å²) in [5, 5.41) is 18.6. The van der Waals surface area contributed by atoms with Crippen LogP contribution < -0.4 is 11.3 Å². The smallest absolute Gasteiger partial charge is 0.268 e. The van der Waals surface area contributed by atoms with Crippen LogP contribution in [0.3, 0.4) is 0 Å². The van der Waals surface area contributed by atoms with E-state index in [0.717, 1.165) is 11.3 Å². The second kappa shape index (κ2) is 6.03. The summed E-state index contributed by atoms with van der Waals surface area (Å²) in [7, 11) is 0. The maximum atomic E-state index is 11.9. The molecule has 3 rings (SSSR count). The number of aromatic amines is 1. The number of nitrogens with one attached hydrogen (secondary N) is 1. The highest BCUT2D eigenvalue weighted by Crippen LogP contribution is 2.29. The molecule has 0 bridgehead atoms. The summed E-state index contributed by atoms with van der Waals surface area (Å²) >= 11 is 0. The summed E-state index contributed by atoms with van der Waals surface area (Å²) in [6, 6.07) is 12.6. The average Bonchev–Trinajstić information content (AvgIpc) is 2.62. The molecule has 7 heteroatoms. The van der Waals surface area contributed by atoms with Crippen LogP contribution >= 0.6 is 0 Å². The van der Waals surface area contributed by atoms with Gasteiger partial charge in [0.15, 0.2) is 0 Å². The van der Waals surface area contributed by atoms with E-state index in [1.165, 1.54) is 6.33 Å². The Morgan fingerprint density at radius 1 is 1.00 bits per heavy atom. The van der Waals surface area contributed by atoms with E-state index in [9.17, 15) is 15.3 Å². The number of nitrogen functional groups attached to an aromatic ring is 1. The molecule has 7 nitrogen and oxygen atoms in total. The van der Waals surface area contributed by atoms with Crippen LogP contribution in [0.1, 0.15) is 11.1 Å². The highest BCUT2D eigenvalue weighted by molar-refractivity contribution is 5.81. The maximum absolute atomic E-state index is 11.9. The van der Waals surface area contributed by atoms with Gasteiger partial charge in [-0.25, -0.2) is 9.97 Å². The number of hydrogen-bond acceptors (Lipinski definition) is 6. The summed E-state index contributed by atoms with van der Waals surface area (Å²) in [5.41, 5.74) is 7.38. The Labute approximate surface area is 136 Å². The fourth-order valence-electron chi connectivity index (χ4n) is 2.40. The van der Waals surface area contributed by atoms with Gasteiger partial charge in [0.1, 0.15) is 35.4 Å². The van der Waals surface area contributed by atoms with Gasteiger partial charge in [-0.1, -0.05) is 24.3 Å². The first-order chi connectivity index (χ1) is 11.7. The SMILES string of the molecule is N#Cc1c(N)[nH]c(=O)c(C#N)c1-c1ccc(-c2ccncn2)cc1.